The highest BCUT2D eigenvalue weighted by Gasteiger charge is 2.41. The van der Waals surface area contributed by atoms with Crippen molar-refractivity contribution in [3.8, 4) is 21.7 Å². The fraction of sp³-hybridized carbons (Fsp3) is 0.355. The van der Waals surface area contributed by atoms with Gasteiger partial charge >= 0.3 is 0 Å². The molecule has 1 unspecified atom stereocenters. The van der Waals surface area contributed by atoms with E-state index in [1.807, 2.05) is 38.6 Å². The number of anilines is 2. The Balaban J connectivity index is 1.32. The molecule has 1 fully saturated rings. The number of aryl methyl sites for hydroxylation is 3. The van der Waals surface area contributed by atoms with Crippen molar-refractivity contribution in [3.05, 3.63) is 65.4 Å². The first kappa shape index (κ1) is 28.8. The van der Waals surface area contributed by atoms with Gasteiger partial charge in [0.25, 0.3) is 0 Å². The Morgan fingerprint density at radius 1 is 1.07 bits per heavy atom. The number of nitrogens with zero attached hydrogens (tertiary/aromatic N) is 6. The van der Waals surface area contributed by atoms with E-state index in [4.69, 9.17) is 15.0 Å². The number of carbonyl (C=O) groups is 1. The van der Waals surface area contributed by atoms with Crippen LogP contribution in [0.25, 0.3) is 31.9 Å². The molecular formula is C31H34N8O3S. The van der Waals surface area contributed by atoms with Gasteiger partial charge in [0, 0.05) is 30.4 Å². The summed E-state index contributed by atoms with van der Waals surface area (Å²) in [4.78, 5) is 31.0. The number of aliphatic hydroxyl groups excluding tert-OH is 2. The highest BCUT2D eigenvalue weighted by atomic mass is 32.1. The van der Waals surface area contributed by atoms with Gasteiger partial charge in [0.05, 0.1) is 46.5 Å². The van der Waals surface area contributed by atoms with Crippen LogP contribution in [0.15, 0.2) is 42.7 Å². The Morgan fingerprint density at radius 2 is 1.84 bits per heavy atom. The maximum absolute atomic E-state index is 12.5. The van der Waals surface area contributed by atoms with Gasteiger partial charge in [-0.2, -0.15) is 10.1 Å². The van der Waals surface area contributed by atoms with Crippen molar-refractivity contribution >= 4 is 39.1 Å². The smallest absolute Gasteiger partial charge is 0.225 e. The minimum absolute atomic E-state index is 0.116. The summed E-state index contributed by atoms with van der Waals surface area (Å²) in [5.41, 5.74) is 7.56. The van der Waals surface area contributed by atoms with Gasteiger partial charge in [0.1, 0.15) is 22.4 Å². The van der Waals surface area contributed by atoms with Crippen LogP contribution < -0.4 is 10.6 Å². The molecule has 43 heavy (non-hydrogen) atoms. The number of hydrogen-bond acceptors (Lipinski definition) is 11. The second-order valence-electron chi connectivity index (χ2n) is 11.1. The second-order valence-corrected chi connectivity index (χ2v) is 12.1. The molecule has 6 rings (SSSR count). The first-order valence-electron chi connectivity index (χ1n) is 14.2. The van der Waals surface area contributed by atoms with Gasteiger partial charge < -0.3 is 20.8 Å². The van der Waals surface area contributed by atoms with Crippen LogP contribution in [0.5, 0.6) is 0 Å². The lowest BCUT2D eigenvalue weighted by molar-refractivity contribution is -0.128. The van der Waals surface area contributed by atoms with Gasteiger partial charge in [-0.25, -0.2) is 9.97 Å². The van der Waals surface area contributed by atoms with E-state index in [2.05, 4.69) is 51.9 Å². The molecule has 0 bridgehead atoms. The predicted molar refractivity (Wildman–Crippen MR) is 167 cm³/mol. The Morgan fingerprint density at radius 3 is 2.49 bits per heavy atom. The van der Waals surface area contributed by atoms with Crippen LogP contribution in [0.3, 0.4) is 0 Å². The maximum atomic E-state index is 12.5. The number of fused-ring (bicyclic) bond motifs is 1. The molecule has 4 aromatic heterocycles. The molecule has 5 aromatic rings. The van der Waals surface area contributed by atoms with Crippen LogP contribution in [-0.2, 0) is 11.8 Å². The SMILES string of the molecule is Cc1nc(N[C@H](C)c2ccc(-c3c(C)nn(C)c3C)cc2)nc(NC2C[C@H](CO)C(=O)[C@H]2O)c1-c1nc2cnccc2s1. The predicted octanol–water partition coefficient (Wildman–Crippen LogP) is 4.37. The monoisotopic (exact) mass is 598 g/mol. The van der Waals surface area contributed by atoms with Gasteiger partial charge in [0.2, 0.25) is 5.95 Å². The number of rotatable bonds is 8. The molecule has 1 aliphatic carbocycles. The molecule has 0 amide bonds. The summed E-state index contributed by atoms with van der Waals surface area (Å²) in [6, 6.07) is 9.56. The van der Waals surface area contributed by atoms with Crippen LogP contribution in [0.4, 0.5) is 11.8 Å². The highest BCUT2D eigenvalue weighted by molar-refractivity contribution is 7.21. The summed E-state index contributed by atoms with van der Waals surface area (Å²) in [5.74, 6) is -0.125. The van der Waals surface area contributed by atoms with Crippen LogP contribution >= 0.6 is 11.3 Å². The lowest BCUT2D eigenvalue weighted by atomic mass is 10.00. The molecular weight excluding hydrogens is 564 g/mol. The van der Waals surface area contributed by atoms with Crippen molar-refractivity contribution in [3.63, 3.8) is 0 Å². The summed E-state index contributed by atoms with van der Waals surface area (Å²) >= 11 is 1.50. The van der Waals surface area contributed by atoms with Crippen molar-refractivity contribution in [1.29, 1.82) is 0 Å². The van der Waals surface area contributed by atoms with E-state index in [1.165, 1.54) is 11.3 Å². The molecule has 4 atom stereocenters. The zero-order valence-electron chi connectivity index (χ0n) is 24.7. The average Bonchev–Trinajstić information content (AvgIpc) is 3.61. The summed E-state index contributed by atoms with van der Waals surface area (Å²) in [6.45, 7) is 7.71. The van der Waals surface area contributed by atoms with Crippen molar-refractivity contribution < 1.29 is 15.0 Å². The van der Waals surface area contributed by atoms with Crippen LogP contribution in [0.1, 0.15) is 42.0 Å². The number of thiazole rings is 1. The molecule has 12 heteroatoms. The Labute approximate surface area is 253 Å². The van der Waals surface area contributed by atoms with Gasteiger partial charge in [-0.05, 0) is 51.3 Å². The van der Waals surface area contributed by atoms with Gasteiger partial charge in [-0.1, -0.05) is 24.3 Å². The van der Waals surface area contributed by atoms with Crippen molar-refractivity contribution in [2.45, 2.75) is 52.3 Å². The molecule has 11 nitrogen and oxygen atoms in total. The second kappa shape index (κ2) is 11.4. The van der Waals surface area contributed by atoms with Gasteiger partial charge in [-0.3, -0.25) is 14.5 Å². The number of carbonyl (C=O) groups excluding carboxylic acids is 1. The summed E-state index contributed by atoms with van der Waals surface area (Å²) in [6.07, 6.45) is 2.48. The topological polar surface area (TPSA) is 151 Å². The number of nitrogens with one attached hydrogen (secondary N) is 2. The molecule has 4 N–H and O–H groups in total. The number of aromatic nitrogens is 6. The number of benzene rings is 1. The largest absolute Gasteiger partial charge is 0.396 e. The van der Waals surface area contributed by atoms with E-state index in [9.17, 15) is 15.0 Å². The molecule has 1 aromatic carbocycles. The van der Waals surface area contributed by atoms with E-state index in [0.29, 0.717) is 34.5 Å². The minimum Gasteiger partial charge on any atom is -0.396 e. The third-order valence-electron chi connectivity index (χ3n) is 8.20. The molecule has 4 heterocycles. The summed E-state index contributed by atoms with van der Waals surface area (Å²) < 4.78 is 2.87. The van der Waals surface area contributed by atoms with Crippen LogP contribution in [0, 0.1) is 26.7 Å². The number of aliphatic hydroxyl groups is 2. The molecule has 0 spiro atoms. The average molecular weight is 599 g/mol. The summed E-state index contributed by atoms with van der Waals surface area (Å²) in [7, 11) is 1.95. The Bertz CT molecular complexity index is 1780. The van der Waals surface area contributed by atoms with Gasteiger partial charge in [-0.15, -0.1) is 11.3 Å². The number of ketones is 1. The Kier molecular flexibility index (Phi) is 7.67. The van der Waals surface area contributed by atoms with Crippen LogP contribution in [0.2, 0.25) is 0 Å². The van der Waals surface area contributed by atoms with Crippen molar-refractivity contribution in [1.82, 2.24) is 29.7 Å². The van der Waals surface area contributed by atoms with Gasteiger partial charge in [0.15, 0.2) is 5.78 Å². The summed E-state index contributed by atoms with van der Waals surface area (Å²) in [5, 5.41) is 32.3. The first-order valence-corrected chi connectivity index (χ1v) is 15.0. The third-order valence-corrected chi connectivity index (χ3v) is 9.26. The van der Waals surface area contributed by atoms with E-state index in [-0.39, 0.29) is 18.4 Å². The van der Waals surface area contributed by atoms with Crippen LogP contribution in [-0.4, -0.2) is 64.5 Å². The molecule has 1 aliphatic rings. The molecule has 1 saturated carbocycles. The third kappa shape index (κ3) is 5.37. The molecule has 0 aliphatic heterocycles. The Hall–Kier alpha value is -4.26. The fourth-order valence-electron chi connectivity index (χ4n) is 5.76. The molecule has 0 saturated heterocycles. The van der Waals surface area contributed by atoms with E-state index >= 15 is 0 Å². The normalized spacial score (nSPS) is 19.2. The maximum Gasteiger partial charge on any atom is 0.225 e. The first-order chi connectivity index (χ1) is 20.6. The minimum atomic E-state index is -1.25. The lowest BCUT2D eigenvalue weighted by Gasteiger charge is -2.21. The van der Waals surface area contributed by atoms with E-state index < -0.39 is 18.1 Å². The fourth-order valence-corrected chi connectivity index (χ4v) is 6.79. The van der Waals surface area contributed by atoms with E-state index in [1.54, 1.807) is 12.4 Å². The lowest BCUT2D eigenvalue weighted by Crippen LogP contribution is -2.33. The zero-order valence-corrected chi connectivity index (χ0v) is 25.5. The standard InChI is InChI=1S/C31H34N8O3S/c1-15(19-6-8-20(9-7-19)25-17(3)38-39(5)18(25)4)33-31-34-16(2)26(30-36-23-13-32-11-10-24(23)43-30)29(37-31)35-22-12-21(14-40)27(41)28(22)42/h6-11,13,15,21-22,28,40,42H,12,14H2,1-5H3,(H2,33,34,35,37)/t15-,21-,22?,28+/m1/s1. The van der Waals surface area contributed by atoms with Crippen molar-refractivity contribution in [2.24, 2.45) is 13.0 Å². The number of pyridine rings is 1. The zero-order chi connectivity index (χ0) is 30.4. The number of Topliss-reactive ketones (excluding diaryl/α,β-unsaturated/α-hetero) is 1. The molecule has 0 radical (unpaired) electrons. The quantitative estimate of drug-likeness (QED) is 0.203. The molecule has 222 valence electrons. The highest BCUT2D eigenvalue weighted by Crippen LogP contribution is 2.38. The van der Waals surface area contributed by atoms with Crippen molar-refractivity contribution in [2.75, 3.05) is 17.2 Å². The van der Waals surface area contributed by atoms with E-state index in [0.717, 1.165) is 38.3 Å². The number of hydrogen-bond donors (Lipinski definition) is 4.